The molecule has 0 aromatic heterocycles. The first-order chi connectivity index (χ1) is 10.5. The smallest absolute Gasteiger partial charge is 0.315 e. The highest BCUT2D eigenvalue weighted by Crippen LogP contribution is 2.29. The fourth-order valence-corrected chi connectivity index (χ4v) is 2.75. The number of rotatable bonds is 4. The van der Waals surface area contributed by atoms with Crippen molar-refractivity contribution < 1.29 is 14.3 Å². The number of halogens is 1. The molecule has 0 spiro atoms. The second kappa shape index (κ2) is 7.45. The maximum Gasteiger partial charge on any atom is 0.315 e. The number of anilines is 1. The Morgan fingerprint density at radius 3 is 2.77 bits per heavy atom. The number of amides is 2. The van der Waals surface area contributed by atoms with Crippen LogP contribution in [0.15, 0.2) is 18.2 Å². The van der Waals surface area contributed by atoms with E-state index >= 15 is 0 Å². The largest absolute Gasteiger partial charge is 0.393 e. The van der Waals surface area contributed by atoms with Crippen LogP contribution in [0.25, 0.3) is 0 Å². The molecular formula is C16H24FN3O2. The van der Waals surface area contributed by atoms with Crippen molar-refractivity contribution in [3.63, 3.8) is 0 Å². The van der Waals surface area contributed by atoms with Gasteiger partial charge in [-0.25, -0.2) is 9.18 Å². The van der Waals surface area contributed by atoms with E-state index in [2.05, 4.69) is 15.5 Å². The van der Waals surface area contributed by atoms with Crippen LogP contribution in [0.2, 0.25) is 0 Å². The average molecular weight is 309 g/mol. The van der Waals surface area contributed by atoms with Gasteiger partial charge in [-0.1, -0.05) is 0 Å². The van der Waals surface area contributed by atoms with Crippen molar-refractivity contribution in [1.82, 2.24) is 10.6 Å². The van der Waals surface area contributed by atoms with Crippen LogP contribution in [0, 0.1) is 5.82 Å². The molecule has 6 heteroatoms. The molecular weight excluding hydrogens is 285 g/mol. The van der Waals surface area contributed by atoms with E-state index in [0.29, 0.717) is 19.4 Å². The van der Waals surface area contributed by atoms with Gasteiger partial charge in [-0.15, -0.1) is 0 Å². The number of hydrogen-bond donors (Lipinski definition) is 3. The van der Waals surface area contributed by atoms with E-state index in [4.69, 9.17) is 0 Å². The van der Waals surface area contributed by atoms with Crippen LogP contribution in [0.3, 0.4) is 0 Å². The highest BCUT2D eigenvalue weighted by Gasteiger charge is 2.22. The number of carbonyl (C=O) groups is 1. The number of nitrogens with zero attached hydrogens (tertiary/aromatic N) is 1. The van der Waals surface area contributed by atoms with Crippen molar-refractivity contribution >= 4 is 11.7 Å². The first-order valence-electron chi connectivity index (χ1n) is 7.78. The minimum Gasteiger partial charge on any atom is -0.393 e. The Balaban J connectivity index is 2.18. The molecule has 5 nitrogen and oxygen atoms in total. The molecule has 2 rings (SSSR count). The number of benzene rings is 1. The van der Waals surface area contributed by atoms with E-state index in [1.807, 2.05) is 13.8 Å². The zero-order valence-corrected chi connectivity index (χ0v) is 13.1. The van der Waals surface area contributed by atoms with Crippen molar-refractivity contribution in [2.45, 2.75) is 38.8 Å². The van der Waals surface area contributed by atoms with Gasteiger partial charge in [0.25, 0.3) is 0 Å². The van der Waals surface area contributed by atoms with Crippen LogP contribution in [0.1, 0.15) is 38.3 Å². The SMILES string of the molecule is CCNC(=O)N[C@H](C)c1cc(F)ccc1N1CCC(O)CC1. The first kappa shape index (κ1) is 16.5. The second-order valence-corrected chi connectivity index (χ2v) is 5.65. The third-order valence-electron chi connectivity index (χ3n) is 3.95. The molecule has 1 heterocycles. The summed E-state index contributed by atoms with van der Waals surface area (Å²) in [4.78, 5) is 13.8. The Morgan fingerprint density at radius 2 is 2.14 bits per heavy atom. The zero-order chi connectivity index (χ0) is 16.1. The second-order valence-electron chi connectivity index (χ2n) is 5.65. The molecule has 1 aromatic carbocycles. The summed E-state index contributed by atoms with van der Waals surface area (Å²) in [6.45, 7) is 5.68. The molecule has 1 aliphatic rings. The fraction of sp³-hybridized carbons (Fsp3) is 0.562. The van der Waals surface area contributed by atoms with Crippen LogP contribution < -0.4 is 15.5 Å². The summed E-state index contributed by atoms with van der Waals surface area (Å²) in [7, 11) is 0. The molecule has 1 atom stereocenters. The predicted octanol–water partition coefficient (Wildman–Crippen LogP) is 2.17. The Morgan fingerprint density at radius 1 is 1.45 bits per heavy atom. The van der Waals surface area contributed by atoms with Gasteiger partial charge in [0, 0.05) is 30.9 Å². The van der Waals surface area contributed by atoms with Crippen LogP contribution in [-0.4, -0.2) is 36.9 Å². The fourth-order valence-electron chi connectivity index (χ4n) is 2.75. The van der Waals surface area contributed by atoms with E-state index < -0.39 is 0 Å². The van der Waals surface area contributed by atoms with Crippen LogP contribution >= 0.6 is 0 Å². The number of hydrogen-bond acceptors (Lipinski definition) is 3. The Labute approximate surface area is 130 Å². The van der Waals surface area contributed by atoms with Crippen molar-refractivity contribution in [3.8, 4) is 0 Å². The number of nitrogens with one attached hydrogen (secondary N) is 2. The van der Waals surface area contributed by atoms with E-state index in [1.54, 1.807) is 6.07 Å². The van der Waals surface area contributed by atoms with Crippen molar-refractivity contribution in [1.29, 1.82) is 0 Å². The lowest BCUT2D eigenvalue weighted by atomic mass is 10.0. The topological polar surface area (TPSA) is 64.6 Å². The minimum atomic E-state index is -0.319. The highest BCUT2D eigenvalue weighted by molar-refractivity contribution is 5.74. The molecule has 0 saturated carbocycles. The van der Waals surface area contributed by atoms with Gasteiger partial charge in [-0.2, -0.15) is 0 Å². The Bertz CT molecular complexity index is 516. The van der Waals surface area contributed by atoms with Crippen molar-refractivity contribution in [2.75, 3.05) is 24.5 Å². The monoisotopic (exact) mass is 309 g/mol. The van der Waals surface area contributed by atoms with Gasteiger partial charge in [0.05, 0.1) is 12.1 Å². The summed E-state index contributed by atoms with van der Waals surface area (Å²) in [6.07, 6.45) is 1.15. The van der Waals surface area contributed by atoms with Gasteiger partial charge in [0.2, 0.25) is 0 Å². The van der Waals surface area contributed by atoms with Gasteiger partial charge in [-0.3, -0.25) is 0 Å². The van der Waals surface area contributed by atoms with Gasteiger partial charge in [-0.05, 0) is 44.9 Å². The standard InChI is InChI=1S/C16H24FN3O2/c1-3-18-16(22)19-11(2)14-10-12(17)4-5-15(14)20-8-6-13(21)7-9-20/h4-5,10-11,13,21H,3,6-9H2,1-2H3,(H2,18,19,22)/t11-/m1/s1. The van der Waals surface area contributed by atoms with E-state index in [9.17, 15) is 14.3 Å². The van der Waals surface area contributed by atoms with Gasteiger partial charge in [0.1, 0.15) is 5.82 Å². The summed E-state index contributed by atoms with van der Waals surface area (Å²) in [5, 5.41) is 15.1. The van der Waals surface area contributed by atoms with E-state index in [0.717, 1.165) is 24.3 Å². The quantitative estimate of drug-likeness (QED) is 0.798. The molecule has 1 aromatic rings. The average Bonchev–Trinajstić information content (AvgIpc) is 2.48. The number of urea groups is 1. The minimum absolute atomic E-state index is 0.258. The summed E-state index contributed by atoms with van der Waals surface area (Å²) >= 11 is 0. The zero-order valence-electron chi connectivity index (χ0n) is 13.1. The van der Waals surface area contributed by atoms with Crippen molar-refractivity contribution in [3.05, 3.63) is 29.6 Å². The lowest BCUT2D eigenvalue weighted by Gasteiger charge is -2.34. The summed E-state index contributed by atoms with van der Waals surface area (Å²) in [5.74, 6) is -0.319. The maximum absolute atomic E-state index is 13.6. The summed E-state index contributed by atoms with van der Waals surface area (Å²) in [5.41, 5.74) is 1.67. The van der Waals surface area contributed by atoms with E-state index in [-0.39, 0.29) is 24.0 Å². The molecule has 1 fully saturated rings. The van der Waals surface area contributed by atoms with Gasteiger partial charge in [0.15, 0.2) is 0 Å². The van der Waals surface area contributed by atoms with Crippen LogP contribution in [0.4, 0.5) is 14.9 Å². The van der Waals surface area contributed by atoms with Crippen LogP contribution in [-0.2, 0) is 0 Å². The molecule has 1 saturated heterocycles. The number of piperidine rings is 1. The molecule has 0 unspecified atom stereocenters. The maximum atomic E-state index is 13.6. The van der Waals surface area contributed by atoms with Gasteiger partial charge < -0.3 is 20.6 Å². The third kappa shape index (κ3) is 4.10. The van der Waals surface area contributed by atoms with E-state index in [1.165, 1.54) is 12.1 Å². The molecule has 3 N–H and O–H groups in total. The molecule has 0 radical (unpaired) electrons. The number of aliphatic hydroxyl groups is 1. The lowest BCUT2D eigenvalue weighted by Crippen LogP contribution is -2.39. The number of carbonyl (C=O) groups excluding carboxylic acids is 1. The Hall–Kier alpha value is -1.82. The molecule has 122 valence electrons. The normalized spacial score (nSPS) is 17.2. The summed E-state index contributed by atoms with van der Waals surface area (Å²) < 4.78 is 13.6. The first-order valence-corrected chi connectivity index (χ1v) is 7.78. The van der Waals surface area contributed by atoms with Gasteiger partial charge >= 0.3 is 6.03 Å². The molecule has 2 amide bonds. The Kier molecular flexibility index (Phi) is 5.60. The third-order valence-corrected chi connectivity index (χ3v) is 3.95. The van der Waals surface area contributed by atoms with Crippen LogP contribution in [0.5, 0.6) is 0 Å². The molecule has 0 aliphatic carbocycles. The number of aliphatic hydroxyl groups excluding tert-OH is 1. The molecule has 0 bridgehead atoms. The molecule has 22 heavy (non-hydrogen) atoms. The predicted molar refractivity (Wildman–Crippen MR) is 84.5 cm³/mol. The van der Waals surface area contributed by atoms with Crippen molar-refractivity contribution in [2.24, 2.45) is 0 Å². The molecule has 1 aliphatic heterocycles. The highest BCUT2D eigenvalue weighted by atomic mass is 19.1. The lowest BCUT2D eigenvalue weighted by molar-refractivity contribution is 0.145. The summed E-state index contributed by atoms with van der Waals surface area (Å²) in [6, 6.07) is 4.08.